The van der Waals surface area contributed by atoms with Gasteiger partial charge in [0.1, 0.15) is 0 Å². The average molecular weight is 395 g/mol. The van der Waals surface area contributed by atoms with E-state index in [0.717, 1.165) is 6.54 Å². The van der Waals surface area contributed by atoms with Crippen LogP contribution in [0.25, 0.3) is 0 Å². The molecule has 0 amide bonds. The topological polar surface area (TPSA) is 12.0 Å². The Bertz CT molecular complexity index is 417. The van der Waals surface area contributed by atoms with E-state index in [1.54, 1.807) is 0 Å². The maximum Gasteiger partial charge on any atom is 0.0843 e. The van der Waals surface area contributed by atoms with Gasteiger partial charge in [-0.15, -0.1) is 11.3 Å². The van der Waals surface area contributed by atoms with Crippen molar-refractivity contribution < 1.29 is 0 Å². The molecule has 0 aromatic carbocycles. The van der Waals surface area contributed by atoms with Gasteiger partial charge in [0.15, 0.2) is 0 Å². The third-order valence-corrected chi connectivity index (χ3v) is 8.20. The van der Waals surface area contributed by atoms with Crippen LogP contribution in [-0.4, -0.2) is 6.54 Å². The van der Waals surface area contributed by atoms with Crippen molar-refractivity contribution in [3.63, 3.8) is 0 Å². The van der Waals surface area contributed by atoms with E-state index >= 15 is 0 Å². The first-order chi connectivity index (χ1) is 8.23. The average Bonchev–Trinajstić information content (AvgIpc) is 2.54. The van der Waals surface area contributed by atoms with Crippen LogP contribution in [0.15, 0.2) is 14.3 Å². The van der Waals surface area contributed by atoms with Gasteiger partial charge in [-0.3, -0.25) is 0 Å². The van der Waals surface area contributed by atoms with Crippen LogP contribution in [0.3, 0.4) is 0 Å². The molecular weight excluding hydrogens is 374 g/mol. The second-order valence-electron chi connectivity index (χ2n) is 6.23. The molecule has 102 valence electrons. The Hall–Kier alpha value is 0.620. The quantitative estimate of drug-likeness (QED) is 0.699. The third kappa shape index (κ3) is 2.23. The fourth-order valence-corrected chi connectivity index (χ4v) is 5.40. The van der Waals surface area contributed by atoms with Gasteiger partial charge in [0.2, 0.25) is 0 Å². The summed E-state index contributed by atoms with van der Waals surface area (Å²) < 4.78 is 2.36. The lowest BCUT2D eigenvalue weighted by molar-refractivity contribution is 0.424. The Kier molecular flexibility index (Phi) is 4.06. The van der Waals surface area contributed by atoms with Crippen molar-refractivity contribution in [2.24, 2.45) is 16.7 Å². The molecule has 0 radical (unpaired) electrons. The second-order valence-corrected chi connectivity index (χ2v) is 9.48. The van der Waals surface area contributed by atoms with E-state index in [9.17, 15) is 0 Å². The van der Waals surface area contributed by atoms with E-state index in [1.807, 2.05) is 11.3 Å². The first kappa shape index (κ1) is 15.0. The molecule has 0 aliphatic heterocycles. The lowest BCUT2D eigenvalue weighted by Crippen LogP contribution is -2.24. The van der Waals surface area contributed by atoms with E-state index in [4.69, 9.17) is 0 Å². The van der Waals surface area contributed by atoms with E-state index in [2.05, 4.69) is 77.9 Å². The van der Waals surface area contributed by atoms with Gasteiger partial charge in [0.25, 0.3) is 0 Å². The molecule has 1 aromatic rings. The van der Waals surface area contributed by atoms with Gasteiger partial charge in [-0.25, -0.2) is 0 Å². The second kappa shape index (κ2) is 4.87. The molecule has 0 bridgehead atoms. The normalized spacial score (nSPS) is 23.1. The van der Waals surface area contributed by atoms with Crippen molar-refractivity contribution in [3.8, 4) is 0 Å². The zero-order valence-electron chi connectivity index (χ0n) is 11.6. The molecule has 2 rings (SSSR count). The summed E-state index contributed by atoms with van der Waals surface area (Å²) >= 11 is 9.04. The molecule has 1 aliphatic rings. The molecule has 1 unspecified atom stereocenters. The van der Waals surface area contributed by atoms with Crippen molar-refractivity contribution in [2.75, 3.05) is 6.54 Å². The highest BCUT2D eigenvalue weighted by atomic mass is 79.9. The molecule has 18 heavy (non-hydrogen) atoms. The van der Waals surface area contributed by atoms with Crippen molar-refractivity contribution in [1.82, 2.24) is 5.32 Å². The van der Waals surface area contributed by atoms with Crippen LogP contribution in [0.5, 0.6) is 0 Å². The Labute approximate surface area is 131 Å². The molecule has 1 N–H and O–H groups in total. The highest BCUT2D eigenvalue weighted by molar-refractivity contribution is 9.13. The number of hydrogen-bond donors (Lipinski definition) is 1. The van der Waals surface area contributed by atoms with Crippen LogP contribution < -0.4 is 5.32 Å². The van der Waals surface area contributed by atoms with E-state index in [-0.39, 0.29) is 0 Å². The monoisotopic (exact) mass is 393 g/mol. The maximum absolute atomic E-state index is 3.68. The van der Waals surface area contributed by atoms with Crippen molar-refractivity contribution in [3.05, 3.63) is 19.2 Å². The van der Waals surface area contributed by atoms with Crippen LogP contribution in [0.1, 0.15) is 45.5 Å². The largest absolute Gasteiger partial charge is 0.309 e. The van der Waals surface area contributed by atoms with Crippen LogP contribution in [0.4, 0.5) is 0 Å². The molecule has 1 aromatic heterocycles. The molecule has 1 fully saturated rings. The lowest BCUT2D eigenvalue weighted by Gasteiger charge is -2.18. The summed E-state index contributed by atoms with van der Waals surface area (Å²) in [6, 6.07) is 2.72. The fourth-order valence-electron chi connectivity index (χ4n) is 3.20. The van der Waals surface area contributed by atoms with E-state index < -0.39 is 0 Å². The minimum absolute atomic E-state index is 0.406. The Balaban J connectivity index is 2.31. The molecule has 1 nitrogen and oxygen atoms in total. The summed E-state index contributed by atoms with van der Waals surface area (Å²) in [7, 11) is 0. The molecule has 1 aliphatic carbocycles. The maximum atomic E-state index is 3.68. The van der Waals surface area contributed by atoms with Crippen molar-refractivity contribution >= 4 is 43.2 Å². The molecule has 4 heteroatoms. The fraction of sp³-hybridized carbons (Fsp3) is 0.714. The molecule has 0 spiro atoms. The van der Waals surface area contributed by atoms with Gasteiger partial charge < -0.3 is 5.32 Å². The minimum atomic E-state index is 0.406. The summed E-state index contributed by atoms with van der Waals surface area (Å²) in [5.74, 6) is 0.697. The zero-order chi connectivity index (χ0) is 13.7. The van der Waals surface area contributed by atoms with Crippen molar-refractivity contribution in [2.45, 2.75) is 40.7 Å². The first-order valence-electron chi connectivity index (χ1n) is 6.41. The zero-order valence-corrected chi connectivity index (χ0v) is 15.6. The minimum Gasteiger partial charge on any atom is -0.309 e. The number of hydrogen-bond acceptors (Lipinski definition) is 2. The van der Waals surface area contributed by atoms with Gasteiger partial charge in [0, 0.05) is 15.4 Å². The Morgan fingerprint density at radius 3 is 2.17 bits per heavy atom. The summed E-state index contributed by atoms with van der Waals surface area (Å²) in [6.07, 6.45) is 0. The highest BCUT2D eigenvalue weighted by Gasteiger charge is 2.67. The van der Waals surface area contributed by atoms with Crippen molar-refractivity contribution in [1.29, 1.82) is 0 Å². The van der Waals surface area contributed by atoms with E-state index in [1.165, 1.54) is 13.1 Å². The summed E-state index contributed by atoms with van der Waals surface area (Å²) in [5, 5.41) is 3.68. The highest BCUT2D eigenvalue weighted by Crippen LogP contribution is 2.72. The summed E-state index contributed by atoms with van der Waals surface area (Å²) in [4.78, 5) is 1.43. The smallest absolute Gasteiger partial charge is 0.0843 e. The summed E-state index contributed by atoms with van der Waals surface area (Å²) in [6.45, 7) is 12.8. The predicted molar refractivity (Wildman–Crippen MR) is 87.2 cm³/mol. The molecule has 1 saturated carbocycles. The van der Waals surface area contributed by atoms with Crippen LogP contribution >= 0.6 is 43.2 Å². The van der Waals surface area contributed by atoms with Gasteiger partial charge in [-0.05, 0) is 61.2 Å². The SMILES string of the molecule is CCNC(c1cc(Br)c(Br)s1)C1C(C)(C)C1(C)C. The van der Waals surface area contributed by atoms with Gasteiger partial charge >= 0.3 is 0 Å². The number of rotatable bonds is 4. The van der Waals surface area contributed by atoms with E-state index in [0.29, 0.717) is 22.8 Å². The predicted octanol–water partition coefficient (Wildman–Crippen LogP) is 5.61. The number of halogens is 2. The lowest BCUT2D eigenvalue weighted by atomic mass is 10.0. The van der Waals surface area contributed by atoms with Crippen LogP contribution in [-0.2, 0) is 0 Å². The first-order valence-corrected chi connectivity index (χ1v) is 8.81. The standard InChI is InChI=1S/C14H21Br2NS/c1-6-17-10(9-7-8(15)12(16)18-9)11-13(2,3)14(11,4)5/h7,10-11,17H,6H2,1-5H3. The van der Waals surface area contributed by atoms with Crippen LogP contribution in [0, 0.1) is 16.7 Å². The number of thiophene rings is 1. The third-order valence-electron chi connectivity index (χ3n) is 4.86. The van der Waals surface area contributed by atoms with Crippen LogP contribution in [0.2, 0.25) is 0 Å². The molecule has 1 atom stereocenters. The Morgan fingerprint density at radius 1 is 1.28 bits per heavy atom. The van der Waals surface area contributed by atoms with Gasteiger partial charge in [-0.1, -0.05) is 34.6 Å². The molecular formula is C14H21Br2NS. The van der Waals surface area contributed by atoms with Gasteiger partial charge in [0.05, 0.1) is 3.79 Å². The summed E-state index contributed by atoms with van der Waals surface area (Å²) in [5.41, 5.74) is 0.811. The molecule has 1 heterocycles. The van der Waals surface area contributed by atoms with Gasteiger partial charge in [-0.2, -0.15) is 0 Å². The molecule has 0 saturated heterocycles. The number of nitrogens with one attached hydrogen (secondary N) is 1. The Morgan fingerprint density at radius 2 is 1.83 bits per heavy atom.